The van der Waals surface area contributed by atoms with Crippen molar-refractivity contribution in [2.45, 2.75) is 6.92 Å². The zero-order valence-electron chi connectivity index (χ0n) is 14.6. The van der Waals surface area contributed by atoms with Gasteiger partial charge < -0.3 is 9.73 Å². The first-order valence-electron chi connectivity index (χ1n) is 8.37. The average Bonchev–Trinajstić information content (AvgIpc) is 3.28. The molecule has 0 fully saturated rings. The standard InChI is InChI=1S/C18H12N8O2/c1-10-23-24-17(28-10)14-22-15-11-6-2-3-7-12(11)20-18(26(15)25-14)21-13-8-4-5-9-19-16(13)27/h2-9H,1H3,(H,19,20,21,27). The maximum atomic E-state index is 12.2. The van der Waals surface area contributed by atoms with Crippen molar-refractivity contribution in [3.05, 3.63) is 64.9 Å². The second-order valence-electron chi connectivity index (χ2n) is 5.92. The molecule has 1 aromatic carbocycles. The summed E-state index contributed by atoms with van der Waals surface area (Å²) in [6.07, 6.45) is 1.43. The molecule has 28 heavy (non-hydrogen) atoms. The van der Waals surface area contributed by atoms with Crippen LogP contribution in [-0.4, -0.2) is 34.8 Å². The van der Waals surface area contributed by atoms with E-state index in [4.69, 9.17) is 4.42 Å². The highest BCUT2D eigenvalue weighted by atomic mass is 16.4. The van der Waals surface area contributed by atoms with Crippen molar-refractivity contribution >= 4 is 28.2 Å². The first kappa shape index (κ1) is 16.0. The summed E-state index contributed by atoms with van der Waals surface area (Å²) in [4.78, 5) is 25.1. The molecule has 0 unspecified atom stereocenters. The van der Waals surface area contributed by atoms with Crippen LogP contribution in [0.3, 0.4) is 0 Å². The number of para-hydroxylation sites is 1. The number of fused-ring (bicyclic) bond motifs is 3. The van der Waals surface area contributed by atoms with Crippen molar-refractivity contribution in [3.8, 4) is 11.7 Å². The zero-order chi connectivity index (χ0) is 19.1. The first-order valence-corrected chi connectivity index (χ1v) is 8.37. The summed E-state index contributed by atoms with van der Waals surface area (Å²) in [5.74, 6) is 1.19. The van der Waals surface area contributed by atoms with Crippen LogP contribution in [0.15, 0.2) is 57.9 Å². The number of nitrogens with zero attached hydrogens (tertiary/aromatic N) is 7. The van der Waals surface area contributed by atoms with Crippen LogP contribution >= 0.6 is 0 Å². The number of hydrogen-bond donors (Lipinski definition) is 1. The fourth-order valence-corrected chi connectivity index (χ4v) is 2.78. The van der Waals surface area contributed by atoms with E-state index < -0.39 is 5.56 Å². The molecule has 0 atom stereocenters. The van der Waals surface area contributed by atoms with E-state index in [9.17, 15) is 4.79 Å². The minimum Gasteiger partial charge on any atom is -0.418 e. The monoisotopic (exact) mass is 372 g/mol. The summed E-state index contributed by atoms with van der Waals surface area (Å²) in [5, 5.41) is 16.0. The minimum absolute atomic E-state index is 0.202. The predicted octanol–water partition coefficient (Wildman–Crippen LogP) is 2.13. The Morgan fingerprint density at radius 1 is 1.04 bits per heavy atom. The molecule has 0 radical (unpaired) electrons. The van der Waals surface area contributed by atoms with Crippen molar-refractivity contribution in [1.82, 2.24) is 34.8 Å². The highest BCUT2D eigenvalue weighted by Crippen LogP contribution is 2.24. The van der Waals surface area contributed by atoms with Gasteiger partial charge in [-0.2, -0.15) is 4.52 Å². The van der Waals surface area contributed by atoms with Gasteiger partial charge in [0, 0.05) is 18.5 Å². The van der Waals surface area contributed by atoms with Crippen molar-refractivity contribution in [2.24, 2.45) is 0 Å². The molecular formula is C18H12N8O2. The van der Waals surface area contributed by atoms with Gasteiger partial charge in [0.05, 0.1) is 5.52 Å². The third kappa shape index (κ3) is 2.63. The number of aryl methyl sites for hydroxylation is 1. The van der Waals surface area contributed by atoms with Gasteiger partial charge in [0.25, 0.3) is 11.4 Å². The van der Waals surface area contributed by atoms with E-state index in [1.165, 1.54) is 10.7 Å². The Balaban J connectivity index is 1.76. The van der Waals surface area contributed by atoms with Crippen molar-refractivity contribution in [2.75, 3.05) is 5.32 Å². The molecule has 0 saturated carbocycles. The largest absolute Gasteiger partial charge is 0.418 e. The van der Waals surface area contributed by atoms with Crippen molar-refractivity contribution in [3.63, 3.8) is 0 Å². The molecular weight excluding hydrogens is 360 g/mol. The summed E-state index contributed by atoms with van der Waals surface area (Å²) >= 11 is 0. The molecule has 0 bridgehead atoms. The summed E-state index contributed by atoms with van der Waals surface area (Å²) < 4.78 is 6.94. The van der Waals surface area contributed by atoms with E-state index in [0.717, 1.165) is 5.39 Å². The smallest absolute Gasteiger partial charge is 0.293 e. The molecule has 0 aliphatic carbocycles. The lowest BCUT2D eigenvalue weighted by atomic mass is 10.2. The number of benzene rings is 1. The van der Waals surface area contributed by atoms with Crippen LogP contribution in [0.25, 0.3) is 28.3 Å². The van der Waals surface area contributed by atoms with Crippen LogP contribution < -0.4 is 10.9 Å². The van der Waals surface area contributed by atoms with E-state index in [2.05, 4.69) is 35.6 Å². The molecule has 10 heteroatoms. The molecule has 0 aliphatic heterocycles. The Morgan fingerprint density at radius 3 is 2.75 bits per heavy atom. The second kappa shape index (κ2) is 6.20. The highest BCUT2D eigenvalue weighted by molar-refractivity contribution is 5.92. The summed E-state index contributed by atoms with van der Waals surface area (Å²) in [6, 6.07) is 12.5. The van der Waals surface area contributed by atoms with Crippen LogP contribution in [0.4, 0.5) is 11.6 Å². The number of nitrogens with one attached hydrogen (secondary N) is 1. The molecule has 0 aliphatic rings. The van der Waals surface area contributed by atoms with Crippen LogP contribution in [0.1, 0.15) is 5.89 Å². The Bertz CT molecular complexity index is 1390. The second-order valence-corrected chi connectivity index (χ2v) is 5.92. The van der Waals surface area contributed by atoms with Gasteiger partial charge in [0.15, 0.2) is 5.65 Å². The summed E-state index contributed by atoms with van der Waals surface area (Å²) in [7, 11) is 0. The van der Waals surface area contributed by atoms with Gasteiger partial charge in [-0.15, -0.1) is 15.3 Å². The molecule has 0 saturated heterocycles. The number of hydrogen-bond acceptors (Lipinski definition) is 9. The van der Waals surface area contributed by atoms with E-state index in [1.54, 1.807) is 25.1 Å². The Labute approximate surface area is 156 Å². The van der Waals surface area contributed by atoms with Crippen LogP contribution in [0.5, 0.6) is 0 Å². The van der Waals surface area contributed by atoms with Gasteiger partial charge in [0.2, 0.25) is 17.7 Å². The van der Waals surface area contributed by atoms with Gasteiger partial charge in [-0.25, -0.2) is 15.0 Å². The lowest BCUT2D eigenvalue weighted by Gasteiger charge is -2.07. The zero-order valence-corrected chi connectivity index (χ0v) is 14.6. The summed E-state index contributed by atoms with van der Waals surface area (Å²) in [6.45, 7) is 1.69. The lowest BCUT2D eigenvalue weighted by Crippen LogP contribution is -2.11. The molecule has 5 aromatic rings. The summed E-state index contributed by atoms with van der Waals surface area (Å²) in [5.41, 5.74) is 1.08. The Kier molecular flexibility index (Phi) is 3.54. The van der Waals surface area contributed by atoms with Gasteiger partial charge in [-0.05, 0) is 24.3 Å². The van der Waals surface area contributed by atoms with E-state index >= 15 is 0 Å². The molecule has 1 N–H and O–H groups in total. The van der Waals surface area contributed by atoms with Gasteiger partial charge in [-0.1, -0.05) is 18.2 Å². The van der Waals surface area contributed by atoms with Gasteiger partial charge in [0.1, 0.15) is 5.69 Å². The molecule has 0 spiro atoms. The van der Waals surface area contributed by atoms with Crippen LogP contribution in [0.2, 0.25) is 0 Å². The molecule has 10 nitrogen and oxygen atoms in total. The SMILES string of the molecule is Cc1nnc(-c2nc3c4ccccc4nc(Nc4ccccnc4=O)n3n2)o1. The van der Waals surface area contributed by atoms with E-state index in [1.807, 2.05) is 24.3 Å². The normalized spacial score (nSPS) is 11.2. The highest BCUT2D eigenvalue weighted by Gasteiger charge is 2.18. The third-order valence-corrected chi connectivity index (χ3v) is 4.03. The molecule has 4 heterocycles. The predicted molar refractivity (Wildman–Crippen MR) is 100 cm³/mol. The molecule has 136 valence electrons. The van der Waals surface area contributed by atoms with Gasteiger partial charge >= 0.3 is 0 Å². The molecule has 0 amide bonds. The van der Waals surface area contributed by atoms with Crippen molar-refractivity contribution in [1.29, 1.82) is 0 Å². The van der Waals surface area contributed by atoms with E-state index in [-0.39, 0.29) is 17.4 Å². The molecule has 4 aromatic heterocycles. The molecule has 5 rings (SSSR count). The first-order chi connectivity index (χ1) is 13.7. The quantitative estimate of drug-likeness (QED) is 0.507. The maximum absolute atomic E-state index is 12.2. The average molecular weight is 372 g/mol. The van der Waals surface area contributed by atoms with Crippen molar-refractivity contribution < 1.29 is 4.42 Å². The topological polar surface area (TPSA) is 124 Å². The fraction of sp³-hybridized carbons (Fsp3) is 0.0556. The third-order valence-electron chi connectivity index (χ3n) is 4.03. The Morgan fingerprint density at radius 2 is 1.89 bits per heavy atom. The Hall–Kier alpha value is -4.21. The fourth-order valence-electron chi connectivity index (χ4n) is 2.78. The van der Waals surface area contributed by atoms with Gasteiger partial charge in [-0.3, -0.25) is 4.79 Å². The maximum Gasteiger partial charge on any atom is 0.293 e. The van der Waals surface area contributed by atoms with E-state index in [0.29, 0.717) is 23.0 Å². The van der Waals surface area contributed by atoms with Crippen LogP contribution in [0, 0.1) is 6.92 Å². The minimum atomic E-state index is -0.416. The lowest BCUT2D eigenvalue weighted by molar-refractivity contribution is 0.529. The number of rotatable bonds is 3. The number of aromatic nitrogens is 7. The number of anilines is 2. The van der Waals surface area contributed by atoms with Crippen LogP contribution in [-0.2, 0) is 0 Å².